The molecule has 0 bridgehead atoms. The van der Waals surface area contributed by atoms with Gasteiger partial charge in [0.1, 0.15) is 22.0 Å². The lowest BCUT2D eigenvalue weighted by atomic mass is 10.2. The molecule has 0 aliphatic rings. The second kappa shape index (κ2) is 6.36. The highest BCUT2D eigenvalue weighted by atomic mass is 32.2. The Bertz CT molecular complexity index is 674. The molecule has 1 amide bonds. The topological polar surface area (TPSA) is 70.8 Å². The number of carbonyl (C=O) groups is 2. The molecule has 0 aliphatic carbocycles. The van der Waals surface area contributed by atoms with E-state index in [-0.39, 0.29) is 18.0 Å². The highest BCUT2D eigenvalue weighted by molar-refractivity contribution is 7.98. The number of amides is 1. The molecule has 0 saturated heterocycles. The number of carboxylic acids is 1. The van der Waals surface area contributed by atoms with Gasteiger partial charge in [0.2, 0.25) is 0 Å². The van der Waals surface area contributed by atoms with Gasteiger partial charge in [-0.2, -0.15) is 0 Å². The van der Waals surface area contributed by atoms with Gasteiger partial charge in [0.15, 0.2) is 0 Å². The SMILES string of the molecule is CSc1ccsc1C(=O)N(C)Cc1cc(C(=O)O)c(C)o1. The molecular weight excluding hydrogens is 310 g/mol. The van der Waals surface area contributed by atoms with Gasteiger partial charge in [-0.3, -0.25) is 4.79 Å². The van der Waals surface area contributed by atoms with Gasteiger partial charge in [-0.25, -0.2) is 4.79 Å². The van der Waals surface area contributed by atoms with Crippen LogP contribution in [-0.2, 0) is 6.54 Å². The minimum atomic E-state index is -1.03. The third kappa shape index (κ3) is 3.30. The van der Waals surface area contributed by atoms with Crippen LogP contribution in [0.15, 0.2) is 26.8 Å². The van der Waals surface area contributed by atoms with E-state index in [1.807, 2.05) is 17.7 Å². The van der Waals surface area contributed by atoms with Crippen molar-refractivity contribution in [1.82, 2.24) is 4.90 Å². The van der Waals surface area contributed by atoms with Crippen molar-refractivity contribution < 1.29 is 19.1 Å². The first-order valence-electron chi connectivity index (χ1n) is 6.13. The van der Waals surface area contributed by atoms with Gasteiger partial charge in [-0.1, -0.05) is 0 Å². The average molecular weight is 325 g/mol. The Labute approximate surface area is 130 Å². The molecule has 5 nitrogen and oxygen atoms in total. The number of rotatable bonds is 5. The number of carboxylic acid groups (broad SMARTS) is 1. The van der Waals surface area contributed by atoms with Crippen molar-refractivity contribution in [1.29, 1.82) is 0 Å². The quantitative estimate of drug-likeness (QED) is 0.854. The smallest absolute Gasteiger partial charge is 0.339 e. The molecule has 2 aromatic rings. The van der Waals surface area contributed by atoms with Gasteiger partial charge in [-0.05, 0) is 30.7 Å². The predicted molar refractivity (Wildman–Crippen MR) is 82.3 cm³/mol. The third-order valence-electron chi connectivity index (χ3n) is 2.98. The Morgan fingerprint density at radius 2 is 2.19 bits per heavy atom. The molecule has 0 aliphatic heterocycles. The Hall–Kier alpha value is -1.73. The summed E-state index contributed by atoms with van der Waals surface area (Å²) in [5.74, 6) is -0.318. The molecule has 0 spiro atoms. The van der Waals surface area contributed by atoms with Crippen LogP contribution in [0.5, 0.6) is 0 Å². The first-order chi connectivity index (χ1) is 9.93. The van der Waals surface area contributed by atoms with E-state index in [0.29, 0.717) is 16.4 Å². The molecule has 112 valence electrons. The Balaban J connectivity index is 2.14. The minimum absolute atomic E-state index is 0.0970. The van der Waals surface area contributed by atoms with Crippen LogP contribution in [0.1, 0.15) is 31.6 Å². The van der Waals surface area contributed by atoms with E-state index in [1.165, 1.54) is 34.1 Å². The summed E-state index contributed by atoms with van der Waals surface area (Å²) >= 11 is 2.92. The lowest BCUT2D eigenvalue weighted by molar-refractivity contribution is 0.0694. The predicted octanol–water partition coefficient (Wildman–Crippen LogP) is 3.34. The van der Waals surface area contributed by atoms with E-state index in [4.69, 9.17) is 9.52 Å². The summed E-state index contributed by atoms with van der Waals surface area (Å²) in [6.45, 7) is 1.83. The van der Waals surface area contributed by atoms with Gasteiger partial charge < -0.3 is 14.4 Å². The fourth-order valence-electron chi connectivity index (χ4n) is 1.93. The van der Waals surface area contributed by atoms with Gasteiger partial charge >= 0.3 is 5.97 Å². The molecule has 0 radical (unpaired) electrons. The molecule has 2 heterocycles. The molecule has 0 atom stereocenters. The number of hydrogen-bond donors (Lipinski definition) is 1. The van der Waals surface area contributed by atoms with E-state index in [1.54, 1.807) is 14.0 Å². The molecule has 21 heavy (non-hydrogen) atoms. The maximum absolute atomic E-state index is 12.4. The number of thioether (sulfide) groups is 1. The summed E-state index contributed by atoms with van der Waals surface area (Å²) < 4.78 is 5.39. The molecule has 0 fully saturated rings. The summed E-state index contributed by atoms with van der Waals surface area (Å²) in [6, 6.07) is 3.38. The first kappa shape index (κ1) is 15.7. The molecule has 0 unspecified atom stereocenters. The second-order valence-electron chi connectivity index (χ2n) is 4.47. The van der Waals surface area contributed by atoms with Crippen LogP contribution in [0.2, 0.25) is 0 Å². The number of hydrogen-bond acceptors (Lipinski definition) is 5. The van der Waals surface area contributed by atoms with Crippen molar-refractivity contribution in [3.8, 4) is 0 Å². The van der Waals surface area contributed by atoms with Crippen molar-refractivity contribution >= 4 is 35.0 Å². The normalized spacial score (nSPS) is 10.6. The fraction of sp³-hybridized carbons (Fsp3) is 0.286. The first-order valence-corrected chi connectivity index (χ1v) is 8.24. The molecule has 7 heteroatoms. The van der Waals surface area contributed by atoms with Crippen molar-refractivity contribution in [3.05, 3.63) is 39.5 Å². The summed E-state index contributed by atoms with van der Waals surface area (Å²) in [5, 5.41) is 10.9. The maximum Gasteiger partial charge on any atom is 0.339 e. The number of carbonyl (C=O) groups excluding carboxylic acids is 1. The van der Waals surface area contributed by atoms with Crippen molar-refractivity contribution in [2.24, 2.45) is 0 Å². The van der Waals surface area contributed by atoms with Gasteiger partial charge in [0, 0.05) is 11.9 Å². The zero-order valence-electron chi connectivity index (χ0n) is 11.9. The van der Waals surface area contributed by atoms with E-state index in [9.17, 15) is 9.59 Å². The molecule has 0 aromatic carbocycles. The zero-order valence-corrected chi connectivity index (χ0v) is 13.5. The van der Waals surface area contributed by atoms with Crippen LogP contribution in [0.25, 0.3) is 0 Å². The fourth-order valence-corrected chi connectivity index (χ4v) is 3.67. The van der Waals surface area contributed by atoms with E-state index < -0.39 is 5.97 Å². The van der Waals surface area contributed by atoms with Crippen molar-refractivity contribution in [2.45, 2.75) is 18.4 Å². The van der Waals surface area contributed by atoms with Crippen LogP contribution >= 0.6 is 23.1 Å². The van der Waals surface area contributed by atoms with Gasteiger partial charge in [-0.15, -0.1) is 23.1 Å². The van der Waals surface area contributed by atoms with E-state index in [0.717, 1.165) is 4.90 Å². The maximum atomic E-state index is 12.4. The van der Waals surface area contributed by atoms with Crippen LogP contribution in [0, 0.1) is 6.92 Å². The Morgan fingerprint density at radius 1 is 1.48 bits per heavy atom. The van der Waals surface area contributed by atoms with E-state index in [2.05, 4.69) is 0 Å². The monoisotopic (exact) mass is 325 g/mol. The highest BCUT2D eigenvalue weighted by Crippen LogP contribution is 2.27. The van der Waals surface area contributed by atoms with Crippen molar-refractivity contribution in [2.75, 3.05) is 13.3 Å². The van der Waals surface area contributed by atoms with Crippen molar-refractivity contribution in [3.63, 3.8) is 0 Å². The molecule has 2 rings (SSSR count). The van der Waals surface area contributed by atoms with Gasteiger partial charge in [0.25, 0.3) is 5.91 Å². The van der Waals surface area contributed by atoms with Crippen LogP contribution in [0.4, 0.5) is 0 Å². The van der Waals surface area contributed by atoms with Crippen LogP contribution in [-0.4, -0.2) is 35.2 Å². The lowest BCUT2D eigenvalue weighted by Crippen LogP contribution is -2.25. The number of nitrogens with zero attached hydrogens (tertiary/aromatic N) is 1. The average Bonchev–Trinajstić information content (AvgIpc) is 3.03. The molecular formula is C14H15NO4S2. The highest BCUT2D eigenvalue weighted by Gasteiger charge is 2.20. The van der Waals surface area contributed by atoms with Gasteiger partial charge in [0.05, 0.1) is 6.54 Å². The molecule has 0 saturated carbocycles. The van der Waals surface area contributed by atoms with Crippen LogP contribution in [0.3, 0.4) is 0 Å². The second-order valence-corrected chi connectivity index (χ2v) is 6.23. The standard InChI is InChI=1S/C14H15NO4S2/c1-8-10(14(17)18)6-9(19-8)7-15(2)13(16)12-11(20-3)4-5-21-12/h4-6H,7H2,1-3H3,(H,17,18). The summed E-state index contributed by atoms with van der Waals surface area (Å²) in [6.07, 6.45) is 1.92. The largest absolute Gasteiger partial charge is 0.478 e. The number of thiophene rings is 1. The minimum Gasteiger partial charge on any atom is -0.478 e. The summed E-state index contributed by atoms with van der Waals surface area (Å²) in [5.41, 5.74) is 0.131. The molecule has 2 aromatic heterocycles. The summed E-state index contributed by atoms with van der Waals surface area (Å²) in [7, 11) is 1.67. The lowest BCUT2D eigenvalue weighted by Gasteiger charge is -2.15. The van der Waals surface area contributed by atoms with E-state index >= 15 is 0 Å². The zero-order chi connectivity index (χ0) is 15.6. The third-order valence-corrected chi connectivity index (χ3v) is 4.79. The number of aromatic carboxylic acids is 1. The Morgan fingerprint density at radius 3 is 2.76 bits per heavy atom. The Kier molecular flexibility index (Phi) is 4.74. The molecule has 1 N–H and O–H groups in total. The van der Waals surface area contributed by atoms with Crippen LogP contribution < -0.4 is 0 Å². The number of furan rings is 1. The number of aryl methyl sites for hydroxylation is 1. The summed E-state index contributed by atoms with van der Waals surface area (Å²) in [4.78, 5) is 26.5.